The van der Waals surface area contributed by atoms with Crippen molar-refractivity contribution in [3.63, 3.8) is 0 Å². The molecule has 0 bridgehead atoms. The van der Waals surface area contributed by atoms with Gasteiger partial charge in [0.2, 0.25) is 5.91 Å². The minimum atomic E-state index is 0.312. The third-order valence-electron chi connectivity index (χ3n) is 2.44. The van der Waals surface area contributed by atoms with Crippen LogP contribution in [0.5, 0.6) is 0 Å². The molecule has 0 fully saturated rings. The lowest BCUT2D eigenvalue weighted by Crippen LogP contribution is -2.32. The Labute approximate surface area is 94.0 Å². The first-order chi connectivity index (χ1) is 7.26. The molecule has 0 aliphatic rings. The van der Waals surface area contributed by atoms with Crippen molar-refractivity contribution in [2.75, 3.05) is 19.6 Å². The summed E-state index contributed by atoms with van der Waals surface area (Å²) in [5, 5.41) is 0. The summed E-state index contributed by atoms with van der Waals surface area (Å²) in [6, 6.07) is 0. The van der Waals surface area contributed by atoms with Gasteiger partial charge in [0.15, 0.2) is 0 Å². The average molecular weight is 214 g/mol. The Hall–Kier alpha value is -0.570. The fraction of sp³-hybridized carbons (Fsp3) is 0.917. The summed E-state index contributed by atoms with van der Waals surface area (Å²) >= 11 is 0. The molecule has 2 N–H and O–H groups in total. The number of hydrogen-bond donors (Lipinski definition) is 1. The molecule has 0 saturated heterocycles. The maximum Gasteiger partial charge on any atom is 0.222 e. The maximum atomic E-state index is 11.7. The zero-order chi connectivity index (χ0) is 11.5. The Kier molecular flexibility index (Phi) is 9.59. The van der Waals surface area contributed by atoms with Gasteiger partial charge in [-0.15, -0.1) is 0 Å². The molecule has 0 saturated carbocycles. The van der Waals surface area contributed by atoms with Gasteiger partial charge in [0.25, 0.3) is 0 Å². The number of amides is 1. The Bertz CT molecular complexity index is 160. The molecule has 0 aliphatic carbocycles. The quantitative estimate of drug-likeness (QED) is 0.598. The van der Waals surface area contributed by atoms with Crippen LogP contribution in [0, 0.1) is 0 Å². The molecule has 3 nitrogen and oxygen atoms in total. The number of unbranched alkanes of at least 4 members (excludes halogenated alkanes) is 2. The van der Waals surface area contributed by atoms with Crippen LogP contribution in [-0.2, 0) is 4.79 Å². The summed E-state index contributed by atoms with van der Waals surface area (Å²) in [6.07, 6.45) is 5.98. The fourth-order valence-electron chi connectivity index (χ4n) is 1.63. The lowest BCUT2D eigenvalue weighted by molar-refractivity contribution is -0.131. The predicted octanol–water partition coefficient (Wildman–Crippen LogP) is 2.15. The largest absolute Gasteiger partial charge is 0.343 e. The summed E-state index contributed by atoms with van der Waals surface area (Å²) in [4.78, 5) is 13.7. The van der Waals surface area contributed by atoms with Crippen LogP contribution >= 0.6 is 0 Å². The lowest BCUT2D eigenvalue weighted by atomic mass is 10.2. The Morgan fingerprint density at radius 2 is 1.80 bits per heavy atom. The van der Waals surface area contributed by atoms with Gasteiger partial charge < -0.3 is 10.6 Å². The van der Waals surface area contributed by atoms with Crippen molar-refractivity contribution in [2.24, 2.45) is 5.73 Å². The first kappa shape index (κ1) is 14.4. The Morgan fingerprint density at radius 3 is 2.33 bits per heavy atom. The number of carbonyl (C=O) groups is 1. The zero-order valence-corrected chi connectivity index (χ0v) is 10.3. The van der Waals surface area contributed by atoms with Gasteiger partial charge in [-0.05, 0) is 32.2 Å². The highest BCUT2D eigenvalue weighted by molar-refractivity contribution is 5.76. The summed E-state index contributed by atoms with van der Waals surface area (Å²) in [5.74, 6) is 0.312. The van der Waals surface area contributed by atoms with E-state index in [0.717, 1.165) is 51.7 Å². The molecule has 0 atom stereocenters. The third-order valence-corrected chi connectivity index (χ3v) is 2.44. The van der Waals surface area contributed by atoms with E-state index >= 15 is 0 Å². The van der Waals surface area contributed by atoms with Crippen LogP contribution in [0.25, 0.3) is 0 Å². The molecule has 15 heavy (non-hydrogen) atoms. The molecular formula is C12H26N2O. The number of nitrogens with two attached hydrogens (primary N) is 1. The minimum Gasteiger partial charge on any atom is -0.343 e. The molecule has 0 aliphatic heterocycles. The van der Waals surface area contributed by atoms with Crippen molar-refractivity contribution in [1.82, 2.24) is 4.90 Å². The molecule has 0 aromatic rings. The molecule has 0 radical (unpaired) electrons. The van der Waals surface area contributed by atoms with Crippen molar-refractivity contribution in [2.45, 2.75) is 52.4 Å². The smallest absolute Gasteiger partial charge is 0.222 e. The van der Waals surface area contributed by atoms with Crippen LogP contribution in [0.1, 0.15) is 52.4 Å². The van der Waals surface area contributed by atoms with E-state index in [1.165, 1.54) is 0 Å². The van der Waals surface area contributed by atoms with E-state index in [4.69, 9.17) is 5.73 Å². The van der Waals surface area contributed by atoms with Crippen LogP contribution in [0.15, 0.2) is 0 Å². The summed E-state index contributed by atoms with van der Waals surface area (Å²) in [7, 11) is 0. The predicted molar refractivity (Wildman–Crippen MR) is 64.7 cm³/mol. The molecule has 1 amide bonds. The second-order valence-corrected chi connectivity index (χ2v) is 3.98. The average Bonchev–Trinajstić information content (AvgIpc) is 2.23. The normalized spacial score (nSPS) is 10.3. The molecule has 0 heterocycles. The van der Waals surface area contributed by atoms with Crippen molar-refractivity contribution in [3.8, 4) is 0 Å². The van der Waals surface area contributed by atoms with Crippen LogP contribution in [0.3, 0.4) is 0 Å². The van der Waals surface area contributed by atoms with E-state index in [1.807, 2.05) is 4.90 Å². The molecular weight excluding hydrogens is 188 g/mol. The Morgan fingerprint density at radius 1 is 1.07 bits per heavy atom. The SMILES string of the molecule is CCCC(=O)N(CCC)CCCCCN. The van der Waals surface area contributed by atoms with Gasteiger partial charge in [0, 0.05) is 19.5 Å². The molecule has 0 unspecified atom stereocenters. The fourth-order valence-corrected chi connectivity index (χ4v) is 1.63. The van der Waals surface area contributed by atoms with Gasteiger partial charge in [-0.25, -0.2) is 0 Å². The van der Waals surface area contributed by atoms with Crippen LogP contribution in [-0.4, -0.2) is 30.4 Å². The molecule has 3 heteroatoms. The second kappa shape index (κ2) is 9.97. The van der Waals surface area contributed by atoms with Gasteiger partial charge >= 0.3 is 0 Å². The van der Waals surface area contributed by atoms with Gasteiger partial charge in [-0.1, -0.05) is 20.3 Å². The van der Waals surface area contributed by atoms with Crippen molar-refractivity contribution >= 4 is 5.91 Å². The minimum absolute atomic E-state index is 0.312. The van der Waals surface area contributed by atoms with Gasteiger partial charge in [0.1, 0.15) is 0 Å². The van der Waals surface area contributed by atoms with Gasteiger partial charge in [0.05, 0.1) is 0 Å². The van der Waals surface area contributed by atoms with E-state index in [9.17, 15) is 4.79 Å². The maximum absolute atomic E-state index is 11.7. The van der Waals surface area contributed by atoms with Gasteiger partial charge in [-0.3, -0.25) is 4.79 Å². The number of hydrogen-bond acceptors (Lipinski definition) is 2. The van der Waals surface area contributed by atoms with E-state index in [1.54, 1.807) is 0 Å². The number of nitrogens with zero attached hydrogens (tertiary/aromatic N) is 1. The highest BCUT2D eigenvalue weighted by Gasteiger charge is 2.10. The summed E-state index contributed by atoms with van der Waals surface area (Å²) < 4.78 is 0. The third kappa shape index (κ3) is 7.37. The molecule has 0 aromatic heterocycles. The molecule has 0 aromatic carbocycles. The molecule has 90 valence electrons. The van der Waals surface area contributed by atoms with E-state index < -0.39 is 0 Å². The number of carbonyl (C=O) groups excluding carboxylic acids is 1. The van der Waals surface area contributed by atoms with E-state index in [2.05, 4.69) is 13.8 Å². The van der Waals surface area contributed by atoms with Crippen LogP contribution < -0.4 is 5.73 Å². The first-order valence-corrected chi connectivity index (χ1v) is 6.24. The topological polar surface area (TPSA) is 46.3 Å². The van der Waals surface area contributed by atoms with E-state index in [0.29, 0.717) is 12.3 Å². The number of rotatable bonds is 9. The van der Waals surface area contributed by atoms with Gasteiger partial charge in [-0.2, -0.15) is 0 Å². The van der Waals surface area contributed by atoms with Crippen molar-refractivity contribution in [1.29, 1.82) is 0 Å². The highest BCUT2D eigenvalue weighted by atomic mass is 16.2. The molecule has 0 spiro atoms. The highest BCUT2D eigenvalue weighted by Crippen LogP contribution is 2.03. The lowest BCUT2D eigenvalue weighted by Gasteiger charge is -2.21. The summed E-state index contributed by atoms with van der Waals surface area (Å²) in [5.41, 5.74) is 5.43. The van der Waals surface area contributed by atoms with Crippen molar-refractivity contribution in [3.05, 3.63) is 0 Å². The molecule has 0 rings (SSSR count). The zero-order valence-electron chi connectivity index (χ0n) is 10.3. The first-order valence-electron chi connectivity index (χ1n) is 6.24. The van der Waals surface area contributed by atoms with E-state index in [-0.39, 0.29) is 0 Å². The summed E-state index contributed by atoms with van der Waals surface area (Å²) in [6.45, 7) is 6.74. The monoisotopic (exact) mass is 214 g/mol. The van der Waals surface area contributed by atoms with Crippen LogP contribution in [0.2, 0.25) is 0 Å². The standard InChI is InChI=1S/C12H26N2O/c1-3-8-12(15)14(10-4-2)11-7-5-6-9-13/h3-11,13H2,1-2H3. The Balaban J connectivity index is 3.76. The van der Waals surface area contributed by atoms with Crippen molar-refractivity contribution < 1.29 is 4.79 Å². The van der Waals surface area contributed by atoms with Crippen LogP contribution in [0.4, 0.5) is 0 Å². The second-order valence-electron chi connectivity index (χ2n) is 3.98.